The molecule has 0 aromatic heterocycles. The van der Waals surface area contributed by atoms with Crippen LogP contribution in [-0.2, 0) is 35.2 Å². The molecule has 0 spiro atoms. The van der Waals surface area contributed by atoms with Crippen molar-refractivity contribution in [3.05, 3.63) is 0 Å². The van der Waals surface area contributed by atoms with Crippen molar-refractivity contribution >= 4 is 40.8 Å². The number of esters is 1. The molecule has 1 N–H and O–H groups in total. The summed E-state index contributed by atoms with van der Waals surface area (Å²) in [5, 5.41) is 7.95. The largest absolute Gasteiger partial charge is 0.480 e. The van der Waals surface area contributed by atoms with E-state index < -0.39 is 22.9 Å². The van der Waals surface area contributed by atoms with Crippen LogP contribution in [0.15, 0.2) is 0 Å². The third-order valence-electron chi connectivity index (χ3n) is 1.64. The van der Waals surface area contributed by atoms with Crippen molar-refractivity contribution in [2.45, 2.75) is 18.6 Å². The predicted octanol–water partition coefficient (Wildman–Crippen LogP) is 1.64. The molecule has 0 aliphatic heterocycles. The molecule has 0 aliphatic carbocycles. The van der Waals surface area contributed by atoms with Gasteiger partial charge >= 0.3 is 11.9 Å². The Morgan fingerprint density at radius 2 is 1.94 bits per heavy atom. The van der Waals surface area contributed by atoms with E-state index in [9.17, 15) is 9.59 Å². The number of hydrogen-bond acceptors (Lipinski definition) is 7. The van der Waals surface area contributed by atoms with Gasteiger partial charge in [0, 0.05) is 14.2 Å². The first-order valence-corrected chi connectivity index (χ1v) is 8.79. The van der Waals surface area contributed by atoms with E-state index in [0.717, 1.165) is 11.4 Å². The first-order valence-electron chi connectivity index (χ1n) is 4.66. The number of ether oxygens (including phenoxy) is 1. The second-order valence-electron chi connectivity index (χ2n) is 2.75. The zero-order valence-corrected chi connectivity index (χ0v) is 12.3. The van der Waals surface area contributed by atoms with Gasteiger partial charge < -0.3 is 18.9 Å². The topological polar surface area (TPSA) is 82.1 Å². The third-order valence-corrected chi connectivity index (χ3v) is 7.51. The number of carbonyl (C=O) groups excluding carboxylic acids is 1. The molecule has 1 atom stereocenters. The first kappa shape index (κ1) is 16.9. The number of carboxylic acids is 1. The summed E-state index contributed by atoms with van der Waals surface area (Å²) in [7, 11) is 2.70. The maximum atomic E-state index is 11.2. The van der Waals surface area contributed by atoms with Gasteiger partial charge in [-0.2, -0.15) is 0 Å². The maximum Gasteiger partial charge on any atom is 0.317 e. The molecule has 100 valence electrons. The van der Waals surface area contributed by atoms with Crippen LogP contribution in [0.1, 0.15) is 13.3 Å². The van der Waals surface area contributed by atoms with Gasteiger partial charge in [-0.25, -0.2) is 0 Å². The van der Waals surface area contributed by atoms with Crippen LogP contribution in [-0.4, -0.2) is 43.1 Å². The van der Waals surface area contributed by atoms with Gasteiger partial charge in [0.15, 0.2) is 0 Å². The van der Waals surface area contributed by atoms with E-state index >= 15 is 0 Å². The summed E-state index contributed by atoms with van der Waals surface area (Å²) >= 11 is 5.87. The fourth-order valence-electron chi connectivity index (χ4n) is 0.857. The normalized spacial score (nSPS) is 13.1. The van der Waals surface area contributed by atoms with Gasteiger partial charge in [-0.3, -0.25) is 9.59 Å². The van der Waals surface area contributed by atoms with Crippen LogP contribution in [0.3, 0.4) is 0 Å². The van der Waals surface area contributed by atoms with Crippen molar-refractivity contribution in [2.75, 3.05) is 20.8 Å². The number of hydrogen-bond donors (Lipinski definition) is 1. The average Bonchev–Trinajstić information content (AvgIpc) is 2.28. The molecule has 0 bridgehead atoms. The first-order chi connectivity index (χ1) is 7.88. The van der Waals surface area contributed by atoms with Gasteiger partial charge in [0.2, 0.25) is 5.69 Å². The van der Waals surface area contributed by atoms with Crippen LogP contribution in [0.4, 0.5) is 0 Å². The maximum absolute atomic E-state index is 11.2. The molecule has 17 heavy (non-hydrogen) atoms. The molecule has 0 amide bonds. The molecule has 0 aliphatic rings. The fraction of sp³-hybridized carbons (Fsp3) is 0.750. The van der Waals surface area contributed by atoms with Gasteiger partial charge in [-0.05, 0) is 18.7 Å². The Kier molecular flexibility index (Phi) is 7.98. The van der Waals surface area contributed by atoms with Crippen LogP contribution in [0.2, 0.25) is 0 Å². The summed E-state index contributed by atoms with van der Waals surface area (Å²) in [6.45, 7) is 1.86. The third kappa shape index (κ3) is 6.38. The van der Waals surface area contributed by atoms with Crippen molar-refractivity contribution in [1.29, 1.82) is 0 Å². The van der Waals surface area contributed by atoms with E-state index in [1.165, 1.54) is 14.2 Å². The standard InChI is InChI=1S/C8H15O6PS2/c1-4-14-7(9)5-6(8(10)11)17-15(16,12-2)13-3/h6H,4-5H2,1-3H3,(H,10,11)/t6-/m1/s1. The van der Waals surface area contributed by atoms with E-state index in [1.807, 2.05) is 0 Å². The van der Waals surface area contributed by atoms with E-state index in [4.69, 9.17) is 26.0 Å². The predicted molar refractivity (Wildman–Crippen MR) is 68.6 cm³/mol. The van der Waals surface area contributed by atoms with Crippen LogP contribution in [0.25, 0.3) is 0 Å². The molecule has 6 nitrogen and oxygen atoms in total. The Hall–Kier alpha value is -0.140. The second kappa shape index (κ2) is 8.05. The smallest absolute Gasteiger partial charge is 0.317 e. The van der Waals surface area contributed by atoms with Crippen molar-refractivity contribution < 1.29 is 28.5 Å². The minimum absolute atomic E-state index is 0.207. The zero-order chi connectivity index (χ0) is 13.5. The van der Waals surface area contributed by atoms with Crippen LogP contribution < -0.4 is 0 Å². The second-order valence-corrected chi connectivity index (χ2v) is 9.37. The summed E-state index contributed by atoms with van der Waals surface area (Å²) in [6, 6.07) is 0. The van der Waals surface area contributed by atoms with Crippen LogP contribution in [0, 0.1) is 0 Å². The minimum atomic E-state index is -2.70. The van der Waals surface area contributed by atoms with Gasteiger partial charge in [-0.1, -0.05) is 11.4 Å². The quantitative estimate of drug-likeness (QED) is 0.535. The number of carbonyl (C=O) groups is 2. The molecular weight excluding hydrogens is 287 g/mol. The number of rotatable bonds is 8. The highest BCUT2D eigenvalue weighted by molar-refractivity contribution is 8.68. The molecule has 0 unspecified atom stereocenters. The molecule has 0 aromatic rings. The molecule has 0 rings (SSSR count). The highest BCUT2D eigenvalue weighted by Gasteiger charge is 2.30. The lowest BCUT2D eigenvalue weighted by Gasteiger charge is -2.20. The lowest BCUT2D eigenvalue weighted by molar-refractivity contribution is -0.146. The van der Waals surface area contributed by atoms with Crippen molar-refractivity contribution in [2.24, 2.45) is 0 Å². The fourth-order valence-corrected chi connectivity index (χ4v) is 4.67. The Morgan fingerprint density at radius 3 is 2.29 bits per heavy atom. The highest BCUT2D eigenvalue weighted by Crippen LogP contribution is 2.61. The Bertz CT molecular complexity index is 313. The Morgan fingerprint density at radius 1 is 1.41 bits per heavy atom. The Balaban J connectivity index is 4.60. The van der Waals surface area contributed by atoms with Gasteiger partial charge in [0.05, 0.1) is 13.0 Å². The summed E-state index contributed by atoms with van der Waals surface area (Å²) < 4.78 is 14.6. The number of aliphatic carboxylic acids is 1. The van der Waals surface area contributed by atoms with E-state index in [1.54, 1.807) is 6.92 Å². The molecule has 0 radical (unpaired) electrons. The zero-order valence-electron chi connectivity index (χ0n) is 9.74. The average molecular weight is 302 g/mol. The highest BCUT2D eigenvalue weighted by atomic mass is 32.9. The van der Waals surface area contributed by atoms with E-state index in [0.29, 0.717) is 0 Å². The minimum Gasteiger partial charge on any atom is -0.480 e. The molecule has 0 saturated heterocycles. The molecule has 9 heteroatoms. The summed E-state index contributed by atoms with van der Waals surface area (Å²) in [4.78, 5) is 22.2. The van der Waals surface area contributed by atoms with Gasteiger partial charge in [0.25, 0.3) is 0 Å². The summed E-state index contributed by atoms with van der Waals surface area (Å²) in [6.07, 6.45) is -0.265. The van der Waals surface area contributed by atoms with Crippen molar-refractivity contribution in [3.63, 3.8) is 0 Å². The van der Waals surface area contributed by atoms with E-state index in [2.05, 4.69) is 4.74 Å². The monoisotopic (exact) mass is 302 g/mol. The van der Waals surface area contributed by atoms with E-state index in [-0.39, 0.29) is 13.0 Å². The van der Waals surface area contributed by atoms with Crippen LogP contribution in [0.5, 0.6) is 0 Å². The molecule has 0 heterocycles. The van der Waals surface area contributed by atoms with Crippen molar-refractivity contribution in [3.8, 4) is 0 Å². The lowest BCUT2D eigenvalue weighted by atomic mass is 10.3. The summed E-state index contributed by atoms with van der Waals surface area (Å²) in [5.41, 5.74) is -2.70. The van der Waals surface area contributed by atoms with Crippen LogP contribution >= 0.6 is 17.1 Å². The molecule has 0 fully saturated rings. The summed E-state index contributed by atoms with van der Waals surface area (Å²) in [5.74, 6) is -1.73. The molecular formula is C8H15O6PS2. The Labute approximate surface area is 109 Å². The molecule has 0 aromatic carbocycles. The lowest BCUT2D eigenvalue weighted by Crippen LogP contribution is -2.21. The number of carboxylic acid groups (broad SMARTS) is 1. The molecule has 0 saturated carbocycles. The van der Waals surface area contributed by atoms with Gasteiger partial charge in [0.1, 0.15) is 5.25 Å². The van der Waals surface area contributed by atoms with Gasteiger partial charge in [-0.15, -0.1) is 0 Å². The SMILES string of the molecule is CCOC(=O)C[C@@H](SP(=S)(OC)OC)C(=O)O. The van der Waals surface area contributed by atoms with Crippen molar-refractivity contribution in [1.82, 2.24) is 0 Å².